The molecule has 0 aliphatic rings. The highest BCUT2D eigenvalue weighted by Crippen LogP contribution is 2.39. The van der Waals surface area contributed by atoms with Crippen molar-refractivity contribution in [3.63, 3.8) is 0 Å². The zero-order chi connectivity index (χ0) is 24.0. The van der Waals surface area contributed by atoms with Gasteiger partial charge >= 0.3 is 0 Å². The van der Waals surface area contributed by atoms with E-state index in [0.717, 1.165) is 72.4 Å². The zero-order valence-corrected chi connectivity index (χ0v) is 20.2. The Hall–Kier alpha value is -2.69. The van der Waals surface area contributed by atoms with Crippen LogP contribution in [0.1, 0.15) is 12.8 Å². The molecule has 0 spiro atoms. The van der Waals surface area contributed by atoms with Gasteiger partial charge in [0.1, 0.15) is 11.3 Å². The molecule has 180 valence electrons. The lowest BCUT2D eigenvalue weighted by atomic mass is 10.0. The molecule has 9 nitrogen and oxygen atoms in total. The normalized spacial score (nSPS) is 12.6. The molecule has 0 fully saturated rings. The molecule has 1 heterocycles. The van der Waals surface area contributed by atoms with E-state index in [0.29, 0.717) is 5.52 Å². The summed E-state index contributed by atoms with van der Waals surface area (Å²) in [6, 6.07) is 9.17. The van der Waals surface area contributed by atoms with Gasteiger partial charge in [0, 0.05) is 30.2 Å². The first-order valence-corrected chi connectivity index (χ1v) is 11.3. The Morgan fingerprint density at radius 2 is 1.67 bits per heavy atom. The van der Waals surface area contributed by atoms with Gasteiger partial charge in [0.05, 0.1) is 23.7 Å². The van der Waals surface area contributed by atoms with Crippen molar-refractivity contribution < 1.29 is 15.2 Å². The minimum atomic E-state index is -0.988. The summed E-state index contributed by atoms with van der Waals surface area (Å²) in [5, 5.41) is 29.7. The second-order valence-corrected chi connectivity index (χ2v) is 8.73. The van der Waals surface area contributed by atoms with Crippen molar-refractivity contribution in [3.05, 3.63) is 35.5 Å². The number of benzene rings is 2. The lowest BCUT2D eigenvalue weighted by molar-refractivity contribution is -0.990. The number of anilines is 2. The number of methoxy groups -OCH3 is 1. The summed E-state index contributed by atoms with van der Waals surface area (Å²) in [5.74, 6) is 0.731. The van der Waals surface area contributed by atoms with Crippen LogP contribution in [0.3, 0.4) is 0 Å². The van der Waals surface area contributed by atoms with E-state index in [-0.39, 0.29) is 5.69 Å². The summed E-state index contributed by atoms with van der Waals surface area (Å²) in [6.45, 7) is 3.44. The minimum Gasteiger partial charge on any atom is -0.595 e. The average Bonchev–Trinajstić information content (AvgIpc) is 2.77. The molecule has 0 saturated heterocycles. The highest BCUT2D eigenvalue weighted by Gasteiger charge is 2.19. The van der Waals surface area contributed by atoms with Crippen LogP contribution < -0.4 is 20.6 Å². The van der Waals surface area contributed by atoms with Crippen LogP contribution in [0.5, 0.6) is 5.75 Å². The SMILES string of the molecule is COc1ccc2nc3c([NH+]([O-])O)ccc(NCCCN(C)C)c3c(NCCCN(C)C)c2c1. The van der Waals surface area contributed by atoms with E-state index in [1.54, 1.807) is 13.2 Å². The topological polar surface area (TPSA) is 100 Å². The molecule has 3 rings (SSSR count). The van der Waals surface area contributed by atoms with Gasteiger partial charge in [0.2, 0.25) is 0 Å². The molecule has 1 atom stereocenters. The van der Waals surface area contributed by atoms with Crippen molar-refractivity contribution >= 4 is 38.9 Å². The number of fused-ring (bicyclic) bond motifs is 2. The second-order valence-electron chi connectivity index (χ2n) is 8.73. The second kappa shape index (κ2) is 11.4. The number of quaternary nitrogens is 1. The highest BCUT2D eigenvalue weighted by atomic mass is 16.8. The Kier molecular flexibility index (Phi) is 8.65. The van der Waals surface area contributed by atoms with Crippen LogP contribution in [0.15, 0.2) is 30.3 Å². The maximum atomic E-state index is 12.0. The molecular weight excluding hydrogens is 420 g/mol. The van der Waals surface area contributed by atoms with E-state index in [4.69, 9.17) is 9.72 Å². The van der Waals surface area contributed by atoms with Crippen molar-refractivity contribution in [1.82, 2.24) is 14.8 Å². The molecule has 4 N–H and O–H groups in total. The van der Waals surface area contributed by atoms with E-state index in [9.17, 15) is 10.4 Å². The van der Waals surface area contributed by atoms with Gasteiger partial charge in [-0.2, -0.15) is 5.23 Å². The van der Waals surface area contributed by atoms with Crippen LogP contribution in [0.2, 0.25) is 0 Å². The predicted molar refractivity (Wildman–Crippen MR) is 135 cm³/mol. The number of nitrogens with one attached hydrogen (secondary N) is 3. The summed E-state index contributed by atoms with van der Waals surface area (Å²) >= 11 is 0. The summed E-state index contributed by atoms with van der Waals surface area (Å²) < 4.78 is 5.46. The number of hydrogen-bond acceptors (Lipinski definition) is 8. The maximum absolute atomic E-state index is 12.0. The van der Waals surface area contributed by atoms with Crippen LogP contribution in [0.4, 0.5) is 17.1 Å². The van der Waals surface area contributed by atoms with Gasteiger partial charge in [0.15, 0.2) is 5.69 Å². The fourth-order valence-electron chi connectivity index (χ4n) is 3.89. The predicted octanol–water partition coefficient (Wildman–Crippen LogP) is 2.53. The Balaban J connectivity index is 2.15. The molecule has 0 bridgehead atoms. The lowest BCUT2D eigenvalue weighted by Crippen LogP contribution is -2.99. The van der Waals surface area contributed by atoms with Crippen LogP contribution in [-0.2, 0) is 0 Å². The molecular formula is C24H36N6O3. The van der Waals surface area contributed by atoms with Gasteiger partial charge < -0.3 is 30.4 Å². The van der Waals surface area contributed by atoms with Crippen LogP contribution >= 0.6 is 0 Å². The van der Waals surface area contributed by atoms with E-state index < -0.39 is 5.23 Å². The quantitative estimate of drug-likeness (QED) is 0.187. The summed E-state index contributed by atoms with van der Waals surface area (Å²) in [5.41, 5.74) is 3.16. The maximum Gasteiger partial charge on any atom is 0.190 e. The van der Waals surface area contributed by atoms with E-state index in [1.165, 1.54) is 0 Å². The molecule has 9 heteroatoms. The fraction of sp³-hybridized carbons (Fsp3) is 0.458. The van der Waals surface area contributed by atoms with E-state index in [2.05, 4.69) is 48.6 Å². The number of ether oxygens (including phenoxy) is 1. The molecule has 3 aromatic rings. The highest BCUT2D eigenvalue weighted by molar-refractivity contribution is 6.15. The van der Waals surface area contributed by atoms with Gasteiger partial charge in [-0.05, 0) is 78.4 Å². The number of nitrogens with zero attached hydrogens (tertiary/aromatic N) is 3. The zero-order valence-electron chi connectivity index (χ0n) is 20.2. The number of rotatable bonds is 12. The largest absolute Gasteiger partial charge is 0.595 e. The Morgan fingerprint density at radius 3 is 2.27 bits per heavy atom. The number of aromatic nitrogens is 1. The fourth-order valence-corrected chi connectivity index (χ4v) is 3.89. The smallest absolute Gasteiger partial charge is 0.190 e. The van der Waals surface area contributed by atoms with Crippen molar-refractivity contribution in [2.75, 3.05) is 72.1 Å². The average molecular weight is 457 g/mol. The first-order chi connectivity index (χ1) is 15.8. The first kappa shape index (κ1) is 24.9. The molecule has 0 amide bonds. The third-order valence-electron chi connectivity index (χ3n) is 5.55. The van der Waals surface area contributed by atoms with E-state index >= 15 is 0 Å². The molecule has 0 radical (unpaired) electrons. The number of hydrogen-bond donors (Lipinski definition) is 4. The van der Waals surface area contributed by atoms with Crippen molar-refractivity contribution in [1.29, 1.82) is 0 Å². The Labute approximate surface area is 195 Å². The molecule has 0 aliphatic heterocycles. The standard InChI is InChI=1S/C24H36N6O3/c1-28(2)14-6-12-25-20-10-11-21(30(31)32)24-22(20)23(26-13-7-15-29(3)4)18-16-17(33-5)8-9-19(18)27-24/h8-11,16,25,30-31H,6-7,12-15H2,1-5H3,(H,26,27). The molecule has 0 saturated carbocycles. The molecule has 1 aromatic heterocycles. The lowest BCUT2D eigenvalue weighted by Gasteiger charge is -2.21. The van der Waals surface area contributed by atoms with E-state index in [1.807, 2.05) is 24.3 Å². The third kappa shape index (κ3) is 6.21. The molecule has 0 aliphatic carbocycles. The van der Waals surface area contributed by atoms with Crippen LogP contribution in [0.25, 0.3) is 21.8 Å². The molecule has 1 unspecified atom stereocenters. The van der Waals surface area contributed by atoms with Gasteiger partial charge in [-0.1, -0.05) is 0 Å². The van der Waals surface area contributed by atoms with Crippen molar-refractivity contribution in [3.8, 4) is 5.75 Å². The summed E-state index contributed by atoms with van der Waals surface area (Å²) in [6.07, 6.45) is 1.92. The monoisotopic (exact) mass is 456 g/mol. The Morgan fingerprint density at radius 1 is 1.00 bits per heavy atom. The summed E-state index contributed by atoms with van der Waals surface area (Å²) in [4.78, 5) is 9.07. The first-order valence-electron chi connectivity index (χ1n) is 11.3. The molecule has 33 heavy (non-hydrogen) atoms. The molecule has 2 aromatic carbocycles. The van der Waals surface area contributed by atoms with Gasteiger partial charge in [-0.15, -0.1) is 0 Å². The van der Waals surface area contributed by atoms with Crippen LogP contribution in [-0.4, -0.2) is 81.5 Å². The van der Waals surface area contributed by atoms with Crippen molar-refractivity contribution in [2.24, 2.45) is 0 Å². The van der Waals surface area contributed by atoms with Gasteiger partial charge in [-0.3, -0.25) is 0 Å². The Bertz CT molecular complexity index is 1070. The van der Waals surface area contributed by atoms with Gasteiger partial charge in [-0.25, -0.2) is 10.2 Å². The number of pyridine rings is 1. The third-order valence-corrected chi connectivity index (χ3v) is 5.55. The minimum absolute atomic E-state index is 0.193. The van der Waals surface area contributed by atoms with Crippen molar-refractivity contribution in [2.45, 2.75) is 12.8 Å². The van der Waals surface area contributed by atoms with Gasteiger partial charge in [0.25, 0.3) is 0 Å². The summed E-state index contributed by atoms with van der Waals surface area (Å²) in [7, 11) is 9.85. The van der Waals surface area contributed by atoms with Crippen LogP contribution in [0, 0.1) is 5.21 Å².